The molecular weight excluding hydrogens is 446 g/mol. The molecule has 0 aliphatic heterocycles. The highest BCUT2D eigenvalue weighted by molar-refractivity contribution is 7.13. The van der Waals surface area contributed by atoms with E-state index >= 15 is 0 Å². The Morgan fingerprint density at radius 2 is 1.97 bits per heavy atom. The fraction of sp³-hybridized carbons (Fsp3) is 0.440. The number of pyridine rings is 1. The monoisotopic (exact) mass is 477 g/mol. The number of hydrogen-bond acceptors (Lipinski definition) is 8. The minimum atomic E-state index is -0.744. The molecule has 1 aliphatic carbocycles. The van der Waals surface area contributed by atoms with Gasteiger partial charge in [0.25, 0.3) is 0 Å². The van der Waals surface area contributed by atoms with Crippen LogP contribution in [-0.4, -0.2) is 41.8 Å². The van der Waals surface area contributed by atoms with Gasteiger partial charge in [0.05, 0.1) is 22.5 Å². The van der Waals surface area contributed by atoms with Crippen molar-refractivity contribution in [3.63, 3.8) is 0 Å². The fourth-order valence-corrected chi connectivity index (χ4v) is 5.04. The second-order valence-corrected chi connectivity index (χ2v) is 10.5. The molecule has 4 heterocycles. The summed E-state index contributed by atoms with van der Waals surface area (Å²) in [5.74, 6) is 1.25. The molecule has 0 unspecified atom stereocenters. The predicted molar refractivity (Wildman–Crippen MR) is 137 cm³/mol. The minimum Gasteiger partial charge on any atom is -0.390 e. The Kier molecular flexibility index (Phi) is 6.47. The van der Waals surface area contributed by atoms with Crippen molar-refractivity contribution in [2.75, 3.05) is 17.2 Å². The molecule has 4 aromatic heterocycles. The third-order valence-electron chi connectivity index (χ3n) is 6.22. The lowest BCUT2D eigenvalue weighted by Gasteiger charge is -2.17. The van der Waals surface area contributed by atoms with Gasteiger partial charge < -0.3 is 20.3 Å². The Labute approximate surface area is 203 Å². The summed E-state index contributed by atoms with van der Waals surface area (Å²) >= 11 is 1.69. The van der Waals surface area contributed by atoms with Crippen molar-refractivity contribution in [2.45, 2.75) is 64.1 Å². The van der Waals surface area contributed by atoms with E-state index in [1.165, 1.54) is 12.8 Å². The maximum atomic E-state index is 10.1. The van der Waals surface area contributed by atoms with Crippen LogP contribution in [0.3, 0.4) is 0 Å². The first kappa shape index (κ1) is 22.7. The number of aromatic nitrogens is 5. The molecule has 1 fully saturated rings. The number of nitrogens with zero attached hydrogens (tertiary/aromatic N) is 5. The first-order chi connectivity index (χ1) is 16.5. The third-order valence-corrected chi connectivity index (χ3v) is 7.11. The lowest BCUT2D eigenvalue weighted by atomic mass is 10.1. The normalized spacial score (nSPS) is 14.7. The number of fused-ring (bicyclic) bond motifs is 1. The molecule has 0 atom stereocenters. The van der Waals surface area contributed by atoms with Crippen LogP contribution in [0, 0.1) is 0 Å². The van der Waals surface area contributed by atoms with Gasteiger partial charge in [-0.15, -0.1) is 11.3 Å². The topological polar surface area (TPSA) is 101 Å². The smallest absolute Gasteiger partial charge is 0.226 e. The molecule has 34 heavy (non-hydrogen) atoms. The van der Waals surface area contributed by atoms with Crippen molar-refractivity contribution in [2.24, 2.45) is 0 Å². The Bertz CT molecular complexity index is 1220. The molecule has 0 saturated heterocycles. The molecule has 4 aromatic rings. The van der Waals surface area contributed by atoms with E-state index in [4.69, 9.17) is 9.97 Å². The Morgan fingerprint density at radius 3 is 2.68 bits per heavy atom. The van der Waals surface area contributed by atoms with E-state index in [0.29, 0.717) is 37.3 Å². The molecule has 5 rings (SSSR count). The van der Waals surface area contributed by atoms with Gasteiger partial charge in [0, 0.05) is 25.3 Å². The van der Waals surface area contributed by atoms with Gasteiger partial charge in [-0.25, -0.2) is 4.98 Å². The van der Waals surface area contributed by atoms with Crippen molar-refractivity contribution in [1.82, 2.24) is 24.5 Å². The number of nitrogens with one attached hydrogen (secondary N) is 2. The van der Waals surface area contributed by atoms with Crippen LogP contribution < -0.4 is 10.6 Å². The van der Waals surface area contributed by atoms with Crippen LogP contribution in [0.15, 0.2) is 42.2 Å². The second kappa shape index (κ2) is 9.68. The van der Waals surface area contributed by atoms with E-state index in [2.05, 4.69) is 48.7 Å². The van der Waals surface area contributed by atoms with E-state index in [0.717, 1.165) is 40.1 Å². The molecule has 1 aliphatic rings. The summed E-state index contributed by atoms with van der Waals surface area (Å²) in [5, 5.41) is 18.9. The molecular formula is C25H31N7OS. The molecule has 0 radical (unpaired) electrons. The van der Waals surface area contributed by atoms with Crippen LogP contribution in [-0.2, 0) is 6.54 Å². The van der Waals surface area contributed by atoms with Crippen molar-refractivity contribution >= 4 is 34.3 Å². The van der Waals surface area contributed by atoms with E-state index in [-0.39, 0.29) is 0 Å². The van der Waals surface area contributed by atoms with Crippen LogP contribution in [0.5, 0.6) is 0 Å². The van der Waals surface area contributed by atoms with Crippen LogP contribution in [0.1, 0.15) is 57.6 Å². The van der Waals surface area contributed by atoms with E-state index in [1.54, 1.807) is 25.2 Å². The van der Waals surface area contributed by atoms with Crippen LogP contribution in [0.25, 0.3) is 21.7 Å². The van der Waals surface area contributed by atoms with Crippen molar-refractivity contribution in [3.8, 4) is 10.6 Å². The molecule has 0 bridgehead atoms. The number of anilines is 2. The lowest BCUT2D eigenvalue weighted by Crippen LogP contribution is -2.23. The second-order valence-electron chi connectivity index (χ2n) is 9.53. The minimum absolute atomic E-state index is 0.436. The van der Waals surface area contributed by atoms with Crippen molar-refractivity contribution < 1.29 is 5.11 Å². The summed E-state index contributed by atoms with van der Waals surface area (Å²) < 4.78 is 2.20. The van der Waals surface area contributed by atoms with E-state index in [9.17, 15) is 5.11 Å². The van der Waals surface area contributed by atoms with Gasteiger partial charge in [-0.05, 0) is 56.2 Å². The average molecular weight is 478 g/mol. The maximum Gasteiger partial charge on any atom is 0.226 e. The van der Waals surface area contributed by atoms with Gasteiger partial charge in [-0.1, -0.05) is 25.0 Å². The van der Waals surface area contributed by atoms with Crippen LogP contribution in [0.2, 0.25) is 0 Å². The molecule has 3 N–H and O–H groups in total. The summed E-state index contributed by atoms with van der Waals surface area (Å²) in [7, 11) is 0. The maximum absolute atomic E-state index is 10.1. The molecule has 0 aromatic carbocycles. The van der Waals surface area contributed by atoms with Gasteiger partial charge in [0.2, 0.25) is 5.95 Å². The molecule has 0 amide bonds. The average Bonchev–Trinajstić information content (AvgIpc) is 3.58. The van der Waals surface area contributed by atoms with Gasteiger partial charge in [0.1, 0.15) is 0 Å². The Morgan fingerprint density at radius 1 is 1.12 bits per heavy atom. The number of aliphatic hydroxyl groups is 1. The number of thiophene rings is 1. The number of rotatable bonds is 9. The van der Waals surface area contributed by atoms with E-state index in [1.807, 2.05) is 18.6 Å². The third kappa shape index (κ3) is 5.20. The van der Waals surface area contributed by atoms with Gasteiger partial charge in [-0.3, -0.25) is 4.98 Å². The largest absolute Gasteiger partial charge is 0.390 e. The molecule has 9 heteroatoms. The zero-order valence-electron chi connectivity index (χ0n) is 19.7. The molecule has 178 valence electrons. The predicted octanol–water partition coefficient (Wildman–Crippen LogP) is 5.25. The summed E-state index contributed by atoms with van der Waals surface area (Å²) in [4.78, 5) is 20.0. The summed E-state index contributed by atoms with van der Waals surface area (Å²) in [6.07, 6.45) is 9.20. The number of imidazole rings is 1. The molecule has 0 spiro atoms. The Hall–Kier alpha value is -3.04. The quantitative estimate of drug-likeness (QED) is 0.303. The van der Waals surface area contributed by atoms with Crippen molar-refractivity contribution in [1.29, 1.82) is 0 Å². The molecule has 1 saturated carbocycles. The van der Waals surface area contributed by atoms with Crippen LogP contribution >= 0.6 is 11.3 Å². The fourth-order valence-electron chi connectivity index (χ4n) is 4.33. The SMILES string of the molecule is CC(C)(O)CCNc1nc(NCc2ccc(-c3cccs3)nc2)c2ncn(C3CCCC3)c2n1. The first-order valence-electron chi connectivity index (χ1n) is 11.9. The zero-order valence-corrected chi connectivity index (χ0v) is 20.5. The summed E-state index contributed by atoms with van der Waals surface area (Å²) in [6, 6.07) is 8.69. The van der Waals surface area contributed by atoms with Gasteiger partial charge >= 0.3 is 0 Å². The van der Waals surface area contributed by atoms with E-state index < -0.39 is 5.60 Å². The standard InChI is InChI=1S/C25H31N7OS/c1-25(2,33)11-12-26-24-30-22(21-23(31-24)32(16-29-21)18-6-3-4-7-18)28-15-17-9-10-19(27-14-17)20-8-5-13-34-20/h5,8-10,13-14,16,18,33H,3-4,6-7,11-12,15H2,1-2H3,(H2,26,28,30,31). The van der Waals surface area contributed by atoms with Crippen LogP contribution in [0.4, 0.5) is 11.8 Å². The summed E-state index contributed by atoms with van der Waals surface area (Å²) in [6.45, 7) is 4.78. The zero-order chi connectivity index (χ0) is 23.5. The Balaban J connectivity index is 1.38. The highest BCUT2D eigenvalue weighted by atomic mass is 32.1. The highest BCUT2D eigenvalue weighted by Crippen LogP contribution is 2.33. The first-order valence-corrected chi connectivity index (χ1v) is 12.8. The number of hydrogen-bond donors (Lipinski definition) is 3. The highest BCUT2D eigenvalue weighted by Gasteiger charge is 2.22. The summed E-state index contributed by atoms with van der Waals surface area (Å²) in [5.41, 5.74) is 2.94. The molecule has 8 nitrogen and oxygen atoms in total. The van der Waals surface area contributed by atoms with Gasteiger partial charge in [-0.2, -0.15) is 9.97 Å². The lowest BCUT2D eigenvalue weighted by molar-refractivity contribution is 0.0748. The van der Waals surface area contributed by atoms with Crippen molar-refractivity contribution in [3.05, 3.63) is 47.7 Å². The van der Waals surface area contributed by atoms with Gasteiger partial charge in [0.15, 0.2) is 17.0 Å².